The van der Waals surface area contributed by atoms with E-state index in [0.717, 1.165) is 22.9 Å². The van der Waals surface area contributed by atoms with E-state index in [1.165, 1.54) is 34.2 Å². The fourth-order valence-electron chi connectivity index (χ4n) is 3.96. The molecular weight excluding hydrogens is 320 g/mol. The fraction of sp³-hybridized carbons (Fsp3) is 0.444. The van der Waals surface area contributed by atoms with Gasteiger partial charge in [0.2, 0.25) is 10.8 Å². The molecule has 0 unspecified atom stereocenters. The Hall–Kier alpha value is -1.92. The molecule has 2 aromatic heterocycles. The predicted octanol–water partition coefficient (Wildman–Crippen LogP) is 3.56. The van der Waals surface area contributed by atoms with Crippen LogP contribution < -0.4 is 0 Å². The fourth-order valence-corrected chi connectivity index (χ4v) is 5.05. The van der Waals surface area contributed by atoms with Crippen molar-refractivity contribution < 1.29 is 5.11 Å². The molecule has 0 radical (unpaired) electrons. The van der Waals surface area contributed by atoms with Crippen molar-refractivity contribution in [3.63, 3.8) is 0 Å². The van der Waals surface area contributed by atoms with Crippen LogP contribution in [-0.2, 0) is 0 Å². The van der Waals surface area contributed by atoms with Crippen LogP contribution in [0.2, 0.25) is 0 Å². The van der Waals surface area contributed by atoms with Gasteiger partial charge in [0, 0.05) is 13.1 Å². The molecule has 1 aromatic carbocycles. The highest BCUT2D eigenvalue weighted by molar-refractivity contribution is 7.17. The molecule has 0 spiro atoms. The summed E-state index contributed by atoms with van der Waals surface area (Å²) in [6.45, 7) is 6.70. The largest absolute Gasteiger partial charge is 0.492 e. The number of nitrogens with zero attached hydrogens (tertiary/aromatic N) is 4. The minimum Gasteiger partial charge on any atom is -0.492 e. The number of benzene rings is 1. The molecule has 1 N–H and O–H groups in total. The van der Waals surface area contributed by atoms with Gasteiger partial charge in [-0.2, -0.15) is 9.61 Å². The van der Waals surface area contributed by atoms with Crippen molar-refractivity contribution in [3.05, 3.63) is 47.1 Å². The summed E-state index contributed by atoms with van der Waals surface area (Å²) in [4.78, 5) is 8.41. The molecule has 126 valence electrons. The minimum atomic E-state index is 0.0462. The van der Waals surface area contributed by atoms with E-state index in [4.69, 9.17) is 0 Å². The molecule has 1 aliphatic heterocycles. The van der Waals surface area contributed by atoms with Crippen LogP contribution in [0.5, 0.6) is 5.88 Å². The second kappa shape index (κ2) is 6.18. The normalized spacial score (nSPS) is 23.6. The first-order chi connectivity index (χ1) is 11.6. The standard InChI is InChI=1S/C18H22N4OS/c1-12-8-13(2)10-21(9-12)15(14-6-4-3-5-7-14)16-17(23)22-18(24-16)19-11-20-22/h3-7,11-13,15,23H,8-10H2,1-2H3/t12-,13+,15-/m1/s1. The van der Waals surface area contributed by atoms with Gasteiger partial charge < -0.3 is 5.11 Å². The van der Waals surface area contributed by atoms with Crippen LogP contribution in [0.1, 0.15) is 36.8 Å². The molecule has 6 heteroatoms. The first kappa shape index (κ1) is 15.6. The first-order valence-electron chi connectivity index (χ1n) is 8.44. The van der Waals surface area contributed by atoms with Crippen LogP contribution in [0.3, 0.4) is 0 Å². The SMILES string of the molecule is C[C@@H]1C[C@H](C)CN([C@H](c2ccccc2)c2sc3ncnn3c2O)C1. The van der Waals surface area contributed by atoms with Crippen LogP contribution in [0.25, 0.3) is 4.96 Å². The Morgan fingerprint density at radius 3 is 2.54 bits per heavy atom. The topological polar surface area (TPSA) is 53.7 Å². The van der Waals surface area contributed by atoms with Crippen LogP contribution in [0.4, 0.5) is 0 Å². The number of hydrogen-bond acceptors (Lipinski definition) is 5. The van der Waals surface area contributed by atoms with Gasteiger partial charge in [0.15, 0.2) is 0 Å². The van der Waals surface area contributed by atoms with Gasteiger partial charge in [0.25, 0.3) is 0 Å². The highest BCUT2D eigenvalue weighted by Crippen LogP contribution is 2.41. The number of hydrogen-bond donors (Lipinski definition) is 1. The Labute approximate surface area is 145 Å². The Balaban J connectivity index is 1.81. The van der Waals surface area contributed by atoms with Gasteiger partial charge in [-0.3, -0.25) is 4.90 Å². The summed E-state index contributed by atoms with van der Waals surface area (Å²) < 4.78 is 1.53. The summed E-state index contributed by atoms with van der Waals surface area (Å²) in [5.74, 6) is 1.53. The summed E-state index contributed by atoms with van der Waals surface area (Å²) in [7, 11) is 0. The van der Waals surface area contributed by atoms with E-state index in [0.29, 0.717) is 11.8 Å². The molecule has 1 aliphatic rings. The van der Waals surface area contributed by atoms with E-state index in [9.17, 15) is 5.11 Å². The van der Waals surface area contributed by atoms with E-state index < -0.39 is 0 Å². The van der Waals surface area contributed by atoms with Gasteiger partial charge in [0.05, 0.1) is 10.9 Å². The number of thiazole rings is 1. The smallest absolute Gasteiger partial charge is 0.230 e. The summed E-state index contributed by atoms with van der Waals surface area (Å²) in [6, 6.07) is 10.5. The van der Waals surface area contributed by atoms with E-state index in [1.807, 2.05) is 6.07 Å². The monoisotopic (exact) mass is 342 g/mol. The number of fused-ring (bicyclic) bond motifs is 1. The van der Waals surface area contributed by atoms with E-state index in [-0.39, 0.29) is 11.9 Å². The van der Waals surface area contributed by atoms with E-state index in [2.05, 4.69) is 53.1 Å². The summed E-state index contributed by atoms with van der Waals surface area (Å²) >= 11 is 1.53. The Bertz CT molecular complexity index is 818. The number of likely N-dealkylation sites (tertiary alicyclic amines) is 1. The number of aromatic hydroxyl groups is 1. The predicted molar refractivity (Wildman–Crippen MR) is 95.3 cm³/mol. The third-order valence-electron chi connectivity index (χ3n) is 4.76. The number of piperidine rings is 1. The molecule has 0 aliphatic carbocycles. The summed E-state index contributed by atoms with van der Waals surface area (Å²) in [6.07, 6.45) is 2.75. The highest BCUT2D eigenvalue weighted by atomic mass is 32.1. The number of rotatable bonds is 3. The van der Waals surface area contributed by atoms with Crippen LogP contribution in [0, 0.1) is 11.8 Å². The molecule has 1 saturated heterocycles. The summed E-state index contributed by atoms with van der Waals surface area (Å²) in [5, 5.41) is 14.9. The Morgan fingerprint density at radius 2 is 1.88 bits per heavy atom. The lowest BCUT2D eigenvalue weighted by molar-refractivity contribution is 0.112. The molecule has 1 fully saturated rings. The molecular formula is C18H22N4OS. The molecule has 5 nitrogen and oxygen atoms in total. The zero-order chi connectivity index (χ0) is 16.7. The van der Waals surface area contributed by atoms with Crippen LogP contribution in [-0.4, -0.2) is 37.7 Å². The molecule has 0 amide bonds. The van der Waals surface area contributed by atoms with Crippen LogP contribution >= 0.6 is 11.3 Å². The zero-order valence-corrected chi connectivity index (χ0v) is 14.8. The lowest BCUT2D eigenvalue weighted by Crippen LogP contribution is -2.41. The van der Waals surface area contributed by atoms with Crippen LogP contribution in [0.15, 0.2) is 36.7 Å². The van der Waals surface area contributed by atoms with Crippen molar-refractivity contribution in [3.8, 4) is 5.88 Å². The molecule has 3 atom stereocenters. The van der Waals surface area contributed by atoms with Crippen molar-refractivity contribution in [1.29, 1.82) is 0 Å². The molecule has 3 aromatic rings. The molecule has 0 saturated carbocycles. The van der Waals surface area contributed by atoms with Gasteiger partial charge in [-0.05, 0) is 23.8 Å². The Kier molecular flexibility index (Phi) is 4.02. The molecule has 24 heavy (non-hydrogen) atoms. The average molecular weight is 342 g/mol. The maximum atomic E-state index is 10.7. The number of aromatic nitrogens is 3. The van der Waals surface area contributed by atoms with E-state index in [1.54, 1.807) is 0 Å². The van der Waals surface area contributed by atoms with Crippen molar-refractivity contribution >= 4 is 16.3 Å². The van der Waals surface area contributed by atoms with Gasteiger partial charge in [0.1, 0.15) is 6.33 Å². The molecule has 4 rings (SSSR count). The summed E-state index contributed by atoms with van der Waals surface area (Å²) in [5.41, 5.74) is 1.21. The van der Waals surface area contributed by atoms with Crippen molar-refractivity contribution in [2.45, 2.75) is 26.3 Å². The van der Waals surface area contributed by atoms with Gasteiger partial charge >= 0.3 is 0 Å². The average Bonchev–Trinajstić information content (AvgIpc) is 3.12. The van der Waals surface area contributed by atoms with Crippen molar-refractivity contribution in [1.82, 2.24) is 19.5 Å². The maximum Gasteiger partial charge on any atom is 0.230 e. The molecule has 0 bridgehead atoms. The van der Waals surface area contributed by atoms with Gasteiger partial charge in [-0.15, -0.1) is 0 Å². The third-order valence-corrected chi connectivity index (χ3v) is 5.85. The lowest BCUT2D eigenvalue weighted by atomic mass is 9.89. The third kappa shape index (κ3) is 2.70. The highest BCUT2D eigenvalue weighted by Gasteiger charge is 2.33. The maximum absolute atomic E-state index is 10.7. The second-order valence-electron chi connectivity index (χ2n) is 6.96. The lowest BCUT2D eigenvalue weighted by Gasteiger charge is -2.40. The quantitative estimate of drug-likeness (QED) is 0.791. The minimum absolute atomic E-state index is 0.0462. The van der Waals surface area contributed by atoms with Crippen molar-refractivity contribution in [2.24, 2.45) is 11.8 Å². The van der Waals surface area contributed by atoms with Crippen molar-refractivity contribution in [2.75, 3.05) is 13.1 Å². The molecule has 3 heterocycles. The van der Waals surface area contributed by atoms with Gasteiger partial charge in [-0.1, -0.05) is 55.5 Å². The first-order valence-corrected chi connectivity index (χ1v) is 9.25. The van der Waals surface area contributed by atoms with E-state index >= 15 is 0 Å². The zero-order valence-electron chi connectivity index (χ0n) is 14.0. The second-order valence-corrected chi connectivity index (χ2v) is 7.97. The Morgan fingerprint density at radius 1 is 1.17 bits per heavy atom. The van der Waals surface area contributed by atoms with Gasteiger partial charge in [-0.25, -0.2) is 4.98 Å².